The fraction of sp³-hybridized carbons (Fsp3) is 0.438. The average molecular weight is 299 g/mol. The summed E-state index contributed by atoms with van der Waals surface area (Å²) in [6.45, 7) is -7.99. The Morgan fingerprint density at radius 1 is 1.67 bits per heavy atom. The van der Waals surface area contributed by atoms with E-state index in [9.17, 15) is 4.79 Å². The Bertz CT molecular complexity index is 1110. The quantitative estimate of drug-likeness (QED) is 0.887. The van der Waals surface area contributed by atoms with Gasteiger partial charge in [0, 0.05) is 33.2 Å². The van der Waals surface area contributed by atoms with E-state index in [2.05, 4.69) is 9.72 Å². The van der Waals surface area contributed by atoms with Crippen molar-refractivity contribution >= 4 is 17.0 Å². The SMILES string of the molecule is [2H]c1c(C([2H])([2H])[C@@H]2NC(=O)OC2([2H])[2H])c([2H])c2c(CC([2H])([2H])N(C)C([2H])([2H])[2H])c[nH]c2c1[2H]. The van der Waals surface area contributed by atoms with E-state index in [0.717, 1.165) is 7.05 Å². The Labute approximate surface area is 141 Å². The molecule has 5 heteroatoms. The summed E-state index contributed by atoms with van der Waals surface area (Å²) in [5, 5.41) is 1.90. The van der Waals surface area contributed by atoms with Crippen molar-refractivity contribution in [3.8, 4) is 0 Å². The van der Waals surface area contributed by atoms with Crippen LogP contribution in [0.1, 0.15) is 27.6 Å². The molecule has 3 rings (SSSR count). The van der Waals surface area contributed by atoms with Gasteiger partial charge in [-0.25, -0.2) is 4.79 Å². The lowest BCUT2D eigenvalue weighted by atomic mass is 10.0. The number of cyclic esters (lactones) is 1. The predicted molar refractivity (Wildman–Crippen MR) is 82.5 cm³/mol. The molecule has 1 amide bonds. The minimum atomic E-state index is -2.86. The van der Waals surface area contributed by atoms with E-state index in [1.165, 1.54) is 6.20 Å². The second-order valence-corrected chi connectivity index (χ2v) is 4.44. The van der Waals surface area contributed by atoms with E-state index in [1.54, 1.807) is 0 Å². The number of carbonyl (C=O) groups excluding carboxylic acids is 1. The van der Waals surface area contributed by atoms with Crippen molar-refractivity contribution in [2.24, 2.45) is 0 Å². The van der Waals surface area contributed by atoms with Crippen LogP contribution in [0.15, 0.2) is 24.3 Å². The monoisotopic (exact) mass is 299 g/mol. The van der Waals surface area contributed by atoms with Crippen LogP contribution in [0.5, 0.6) is 0 Å². The van der Waals surface area contributed by atoms with Gasteiger partial charge in [-0.2, -0.15) is 0 Å². The zero-order valence-corrected chi connectivity index (χ0v) is 11.1. The van der Waals surface area contributed by atoms with Gasteiger partial charge in [0.05, 0.1) is 12.9 Å². The van der Waals surface area contributed by atoms with Crippen LogP contribution in [0.2, 0.25) is 0 Å². The van der Waals surface area contributed by atoms with Gasteiger partial charge in [0.1, 0.15) is 6.56 Å². The van der Waals surface area contributed by atoms with Crippen LogP contribution in [-0.4, -0.2) is 49.1 Å². The number of likely N-dealkylation sites (N-methyl/N-ethyl adjacent to an activating group) is 1. The molecule has 112 valence electrons. The van der Waals surface area contributed by atoms with Crippen LogP contribution in [0, 0.1) is 0 Å². The van der Waals surface area contributed by atoms with Gasteiger partial charge in [-0.05, 0) is 50.0 Å². The lowest BCUT2D eigenvalue weighted by Gasteiger charge is -2.09. The van der Waals surface area contributed by atoms with Gasteiger partial charge in [-0.1, -0.05) is 6.04 Å². The van der Waals surface area contributed by atoms with E-state index in [0.29, 0.717) is 4.90 Å². The molecule has 0 saturated carbocycles. The summed E-state index contributed by atoms with van der Waals surface area (Å²) in [5.74, 6) is 0. The van der Waals surface area contributed by atoms with Crippen LogP contribution < -0.4 is 5.32 Å². The molecule has 2 heterocycles. The van der Waals surface area contributed by atoms with E-state index in [-0.39, 0.29) is 16.5 Å². The molecule has 1 aliphatic rings. The van der Waals surface area contributed by atoms with Crippen molar-refractivity contribution in [1.29, 1.82) is 0 Å². The molecule has 1 aromatic carbocycles. The molecule has 1 aliphatic heterocycles. The number of amides is 1. The molecule has 1 aromatic heterocycles. The van der Waals surface area contributed by atoms with Gasteiger partial charge >= 0.3 is 6.09 Å². The summed E-state index contributed by atoms with van der Waals surface area (Å²) in [6.07, 6.45) is -3.37. The number of hydrogen-bond acceptors (Lipinski definition) is 3. The average Bonchev–Trinajstić information content (AvgIpc) is 3.18. The highest BCUT2D eigenvalue weighted by Gasteiger charge is 2.22. The molecule has 0 radical (unpaired) electrons. The number of nitrogens with zero attached hydrogens (tertiary/aromatic N) is 1. The number of alkyl carbamates (subject to hydrolysis) is 1. The van der Waals surface area contributed by atoms with Crippen molar-refractivity contribution in [1.82, 2.24) is 15.2 Å². The zero-order valence-electron chi connectivity index (χ0n) is 23.1. The summed E-state index contributed by atoms with van der Waals surface area (Å²) < 4.78 is 101. The number of aromatic amines is 1. The van der Waals surface area contributed by atoms with Crippen molar-refractivity contribution < 1.29 is 26.0 Å². The van der Waals surface area contributed by atoms with Crippen molar-refractivity contribution in [2.45, 2.75) is 18.8 Å². The number of aryl methyl sites for hydroxylation is 1. The summed E-state index contributed by atoms with van der Waals surface area (Å²) >= 11 is 0. The Kier molecular flexibility index (Phi) is 1.55. The first-order chi connectivity index (χ1) is 14.8. The molecule has 2 aromatic rings. The highest BCUT2D eigenvalue weighted by molar-refractivity contribution is 5.84. The van der Waals surface area contributed by atoms with Gasteiger partial charge in [0.25, 0.3) is 0 Å². The summed E-state index contributed by atoms with van der Waals surface area (Å²) in [5.41, 5.74) is -0.678. The zero-order chi connectivity index (χ0) is 25.3. The number of fused-ring (bicyclic) bond motifs is 1. The Morgan fingerprint density at radius 3 is 3.33 bits per heavy atom. The number of aromatic nitrogens is 1. The number of benzene rings is 1. The van der Waals surface area contributed by atoms with E-state index >= 15 is 0 Å². The topological polar surface area (TPSA) is 57.4 Å². The van der Waals surface area contributed by atoms with E-state index in [4.69, 9.17) is 16.4 Å². The largest absolute Gasteiger partial charge is 0.447 e. The molecule has 1 saturated heterocycles. The minimum absolute atomic E-state index is 0.0541. The molecule has 0 aliphatic carbocycles. The predicted octanol–water partition coefficient (Wildman–Crippen LogP) is 1.92. The van der Waals surface area contributed by atoms with Crippen molar-refractivity contribution in [2.75, 3.05) is 27.1 Å². The standard InChI is InChI=1S/C16H21N3O2/c1-19(2)6-5-12-9-17-15-4-3-11(8-14(12)15)7-13-10-21-16(20)18-13/h3-4,8-9,13,17H,5-7,10H2,1-2H3,(H,18,20)/t13-/m0/s1/i1D3,3D,4D,6D2,7D2,8D,10D2. The molecule has 0 unspecified atom stereocenters. The number of ether oxygens (including phenoxy) is 1. The third-order valence-corrected chi connectivity index (χ3v) is 2.85. The molecular weight excluding hydrogens is 266 g/mol. The normalized spacial score (nSPS) is 31.0. The Balaban J connectivity index is 2.19. The number of H-pyrrole nitrogens is 1. The van der Waals surface area contributed by atoms with Crippen molar-refractivity contribution in [3.63, 3.8) is 0 Å². The second-order valence-electron chi connectivity index (χ2n) is 4.44. The first kappa shape index (κ1) is 5.65. The molecule has 21 heavy (non-hydrogen) atoms. The van der Waals surface area contributed by atoms with Gasteiger partial charge in [0.15, 0.2) is 0 Å². The van der Waals surface area contributed by atoms with Crippen molar-refractivity contribution in [3.05, 3.63) is 35.5 Å². The van der Waals surface area contributed by atoms with Crippen LogP contribution in [0.3, 0.4) is 0 Å². The fourth-order valence-corrected chi connectivity index (χ4v) is 1.90. The Morgan fingerprint density at radius 2 is 2.57 bits per heavy atom. The maximum Gasteiger partial charge on any atom is 0.407 e. The minimum Gasteiger partial charge on any atom is -0.447 e. The highest BCUT2D eigenvalue weighted by Crippen LogP contribution is 2.21. The first-order valence-corrected chi connectivity index (χ1v) is 6.16. The highest BCUT2D eigenvalue weighted by atomic mass is 16.6. The summed E-state index contributed by atoms with van der Waals surface area (Å²) in [4.78, 5) is 14.7. The van der Waals surface area contributed by atoms with Gasteiger partial charge in [-0.3, -0.25) is 0 Å². The molecular formula is C16H21N3O2. The summed E-state index contributed by atoms with van der Waals surface area (Å²) in [6, 6.07) is -3.79. The Hall–Kier alpha value is -2.01. The lowest BCUT2D eigenvalue weighted by molar-refractivity contribution is 0.177. The van der Waals surface area contributed by atoms with Crippen LogP contribution in [0.4, 0.5) is 4.79 Å². The number of carbonyl (C=O) groups is 1. The third-order valence-electron chi connectivity index (χ3n) is 2.85. The maximum atomic E-state index is 11.5. The molecule has 0 bridgehead atoms. The molecule has 5 nitrogen and oxygen atoms in total. The molecule has 0 spiro atoms. The molecule has 1 fully saturated rings. The number of nitrogens with one attached hydrogen (secondary N) is 2. The third kappa shape index (κ3) is 3.19. The van der Waals surface area contributed by atoms with Gasteiger partial charge in [-0.15, -0.1) is 0 Å². The van der Waals surface area contributed by atoms with Gasteiger partial charge < -0.3 is 19.9 Å². The number of hydrogen-bond donors (Lipinski definition) is 2. The lowest BCUT2D eigenvalue weighted by Crippen LogP contribution is -2.28. The number of rotatable bonds is 5. The smallest absolute Gasteiger partial charge is 0.407 e. The van der Waals surface area contributed by atoms with E-state index < -0.39 is 68.7 Å². The fourth-order valence-electron chi connectivity index (χ4n) is 1.90. The van der Waals surface area contributed by atoms with Gasteiger partial charge in [0.2, 0.25) is 0 Å². The first-order valence-electron chi connectivity index (χ1n) is 12.2. The van der Waals surface area contributed by atoms with Crippen LogP contribution in [0.25, 0.3) is 10.9 Å². The maximum absolute atomic E-state index is 11.5. The van der Waals surface area contributed by atoms with E-state index in [1.807, 2.05) is 5.32 Å². The second kappa shape index (κ2) is 5.77. The molecule has 2 N–H and O–H groups in total. The summed E-state index contributed by atoms with van der Waals surface area (Å²) in [7, 11) is 1.07. The van der Waals surface area contributed by atoms with Crippen LogP contribution >= 0.6 is 0 Å². The van der Waals surface area contributed by atoms with Crippen LogP contribution in [-0.2, 0) is 17.5 Å². The molecule has 1 atom stereocenters.